The number of β-lactam (4-membered cyclic amide) rings is 1. The zero-order valence-corrected chi connectivity index (χ0v) is 33.3. The molecule has 2 aliphatic rings. The second-order valence-corrected chi connectivity index (χ2v) is 19.7. The Morgan fingerprint density at radius 2 is 1.23 bits per heavy atom. The maximum atomic E-state index is 15.2. The van der Waals surface area contributed by atoms with Gasteiger partial charge >= 0.3 is 337 Å². The van der Waals surface area contributed by atoms with Gasteiger partial charge in [0.15, 0.2) is 0 Å². The van der Waals surface area contributed by atoms with Crippen molar-refractivity contribution in [1.82, 2.24) is 10.2 Å². The average Bonchev–Trinajstić information content (AvgIpc) is 3.78. The minimum absolute atomic E-state index is 0.106. The third kappa shape index (κ3) is 7.01. The van der Waals surface area contributed by atoms with Crippen LogP contribution in [0.2, 0.25) is 0 Å². The van der Waals surface area contributed by atoms with E-state index in [9.17, 15) is 9.59 Å². The number of hydrogen-bond donors (Lipinski definition) is 1. The summed E-state index contributed by atoms with van der Waals surface area (Å²) in [6.07, 6.45) is -0.136. The monoisotopic (exact) mass is 796 g/mol. The predicted octanol–water partition coefficient (Wildman–Crippen LogP) is 6.98. The first-order chi connectivity index (χ1) is 27.4. The fourth-order valence-electron chi connectivity index (χ4n) is 7.97. The molecule has 5 aromatic carbocycles. The molecule has 0 saturated carbocycles. The molecule has 3 atom stereocenters. The molecule has 282 valence electrons. The van der Waals surface area contributed by atoms with Crippen molar-refractivity contribution < 1.29 is 23.9 Å². The molecule has 0 radical (unpaired) electrons. The Kier molecular flexibility index (Phi) is 11.0. The van der Waals surface area contributed by atoms with E-state index >= 15 is 4.79 Å². The van der Waals surface area contributed by atoms with Crippen LogP contribution in [0.5, 0.6) is 0 Å². The Labute approximate surface area is 335 Å². The number of thiophene rings is 1. The van der Waals surface area contributed by atoms with Gasteiger partial charge in [-0.25, -0.2) is 0 Å². The zero-order chi connectivity index (χ0) is 38.5. The van der Waals surface area contributed by atoms with Crippen molar-refractivity contribution in [3.63, 3.8) is 0 Å². The molecule has 2 amide bonds. The molecule has 0 aliphatic carbocycles. The molecule has 2 aliphatic heterocycles. The topological polar surface area (TPSA) is 84.9 Å². The quantitative estimate of drug-likeness (QED) is 0.0589. The molecule has 3 heterocycles. The molecule has 1 N–H and O–H groups in total. The number of carbonyl (C=O) groups excluding carboxylic acids is 3. The van der Waals surface area contributed by atoms with Crippen LogP contribution in [0.25, 0.3) is 0 Å². The number of ether oxygens (including phenoxy) is 2. The van der Waals surface area contributed by atoms with Crippen LogP contribution in [-0.4, -0.2) is 53.1 Å². The van der Waals surface area contributed by atoms with Crippen LogP contribution in [-0.2, 0) is 30.3 Å². The van der Waals surface area contributed by atoms with Crippen molar-refractivity contribution in [3.8, 4) is 0 Å². The Morgan fingerprint density at radius 3 is 1.70 bits per heavy atom. The number of esters is 1. The van der Waals surface area contributed by atoms with Crippen molar-refractivity contribution in [1.29, 1.82) is 0 Å². The van der Waals surface area contributed by atoms with Crippen LogP contribution in [0.4, 0.5) is 0 Å². The van der Waals surface area contributed by atoms with Gasteiger partial charge in [-0.15, -0.1) is 0 Å². The first-order valence-corrected chi connectivity index (χ1v) is 22.5. The Balaban J connectivity index is 1.24. The number of methoxy groups -OCH3 is 1. The van der Waals surface area contributed by atoms with E-state index in [0.29, 0.717) is 6.16 Å². The van der Waals surface area contributed by atoms with Crippen LogP contribution in [0, 0.1) is 0 Å². The van der Waals surface area contributed by atoms with Gasteiger partial charge in [0.2, 0.25) is 0 Å². The van der Waals surface area contributed by atoms with Gasteiger partial charge in [0.1, 0.15) is 0 Å². The third-order valence-electron chi connectivity index (χ3n) is 10.6. The van der Waals surface area contributed by atoms with E-state index in [0.717, 1.165) is 21.6 Å². The van der Waals surface area contributed by atoms with Crippen LogP contribution in [0.1, 0.15) is 22.1 Å². The first kappa shape index (κ1) is 37.6. The Bertz CT molecular complexity index is 2180. The molecule has 10 heteroatoms. The van der Waals surface area contributed by atoms with Gasteiger partial charge in [-0.2, -0.15) is 0 Å². The molecular weight excluding hydrogens is 756 g/mol. The second kappa shape index (κ2) is 16.4. The van der Waals surface area contributed by atoms with E-state index in [-0.39, 0.29) is 12.3 Å². The van der Waals surface area contributed by atoms with Gasteiger partial charge in [0, 0.05) is 0 Å². The van der Waals surface area contributed by atoms with Gasteiger partial charge in [-0.05, 0) is 0 Å². The number of amides is 2. The number of rotatable bonds is 13. The molecule has 0 spiro atoms. The number of thioether (sulfide) groups is 1. The number of nitrogens with one attached hydrogen (secondary N) is 1. The number of nitrogens with zero attached hydrogens (tertiary/aromatic N) is 1. The molecule has 6 aromatic rings. The normalized spacial score (nSPS) is 19.4. The van der Waals surface area contributed by atoms with Crippen LogP contribution >= 0.6 is 30.4 Å². The van der Waals surface area contributed by atoms with Crippen LogP contribution < -0.4 is 21.2 Å². The average molecular weight is 797 g/mol. The molecule has 1 aromatic heterocycles. The fraction of sp³-hybridized carbons (Fsp3) is 0.152. The fourth-order valence-corrected chi connectivity index (χ4v) is 14.9. The molecule has 1 fully saturated rings. The summed E-state index contributed by atoms with van der Waals surface area (Å²) in [6.45, 7) is 0. The molecule has 1 unspecified atom stereocenters. The van der Waals surface area contributed by atoms with Gasteiger partial charge < -0.3 is 0 Å². The molecule has 1 saturated heterocycles. The van der Waals surface area contributed by atoms with E-state index in [4.69, 9.17) is 9.47 Å². The van der Waals surface area contributed by atoms with Gasteiger partial charge in [-0.3, -0.25) is 0 Å². The van der Waals surface area contributed by atoms with Crippen molar-refractivity contribution in [3.05, 3.63) is 196 Å². The summed E-state index contributed by atoms with van der Waals surface area (Å²) in [6, 6.07) is 53.4. The molecule has 8 rings (SSSR count). The van der Waals surface area contributed by atoms with Crippen LogP contribution in [0.3, 0.4) is 0 Å². The molecule has 7 nitrogen and oxygen atoms in total. The molecule has 56 heavy (non-hydrogen) atoms. The van der Waals surface area contributed by atoms with Crippen molar-refractivity contribution >= 4 is 64.1 Å². The van der Waals surface area contributed by atoms with Gasteiger partial charge in [-0.1, -0.05) is 0 Å². The summed E-state index contributed by atoms with van der Waals surface area (Å²) < 4.78 is 12.5. The van der Waals surface area contributed by atoms with E-state index in [1.54, 1.807) is 4.90 Å². The van der Waals surface area contributed by atoms with Crippen molar-refractivity contribution in [2.75, 3.05) is 13.3 Å². The summed E-state index contributed by atoms with van der Waals surface area (Å²) >= 11 is 2.86. The summed E-state index contributed by atoms with van der Waals surface area (Å²) in [4.78, 5) is 45.7. The summed E-state index contributed by atoms with van der Waals surface area (Å²) in [5, 5.41) is 9.63. The van der Waals surface area contributed by atoms with E-state index in [1.165, 1.54) is 46.1 Å². The Hall–Kier alpha value is -5.31. The number of fused-ring (bicyclic) bond motifs is 1. The first-order valence-electron chi connectivity index (χ1n) is 18.5. The second-order valence-electron chi connectivity index (χ2n) is 13.9. The van der Waals surface area contributed by atoms with Crippen molar-refractivity contribution in [2.45, 2.75) is 29.7 Å². The van der Waals surface area contributed by atoms with Crippen LogP contribution in [0.15, 0.2) is 180 Å². The summed E-state index contributed by atoms with van der Waals surface area (Å²) in [5.41, 5.74) is 0.720. The zero-order valence-electron chi connectivity index (χ0n) is 30.7. The predicted molar refractivity (Wildman–Crippen MR) is 228 cm³/mol. The van der Waals surface area contributed by atoms with E-state index in [2.05, 4.69) is 78.1 Å². The summed E-state index contributed by atoms with van der Waals surface area (Å²) in [5.74, 6) is -1.39. The van der Waals surface area contributed by atoms with E-state index in [1.807, 2.05) is 102 Å². The van der Waals surface area contributed by atoms with Crippen molar-refractivity contribution in [2.24, 2.45) is 0 Å². The van der Waals surface area contributed by atoms with Gasteiger partial charge in [0.25, 0.3) is 0 Å². The number of hydrogen-bond acceptors (Lipinski definition) is 7. The Morgan fingerprint density at radius 1 is 0.732 bits per heavy atom. The standard InChI is InChI=1S/C46H41N2O5PS2/c1-52-46(47-40(49)30-39-28-17-29-55-39)44(51)48-41(43(50)53-42(33-18-7-2-8-19-33)34-20-9-3-10-21-34)35(32-56-45(46)48)31-54(36-22-11-4-12-23-36,37-24-13-5-14-25-37)38-26-15-6-16-27-38/h2-29,32,41-42,45,54H,30-31H2,1H3,(H,47,49)/t41?,45-,46-/m0/s1. The van der Waals surface area contributed by atoms with Gasteiger partial charge in [0.05, 0.1) is 0 Å². The summed E-state index contributed by atoms with van der Waals surface area (Å²) in [7, 11) is -1.53. The number of carbonyl (C=O) groups is 3. The third-order valence-corrected chi connectivity index (χ3v) is 17.7. The van der Waals surface area contributed by atoms with E-state index < -0.39 is 42.4 Å². The number of benzene rings is 5. The maximum absolute atomic E-state index is 15.2. The minimum atomic E-state index is -2.95. The molecule has 0 bridgehead atoms. The SMILES string of the molecule is CO[C@@]1(NC(=O)Cc2cccs2)C(=O)N2C(C(=O)OC(c3ccccc3)c3ccccc3)C(C[PH](c3ccccc3)(c3ccccc3)c3ccccc3)=CS[C@H]21. The molecular formula is C46H41N2O5PS2.